The zero-order chi connectivity index (χ0) is 13.6. The van der Waals surface area contributed by atoms with Crippen molar-refractivity contribution >= 4 is 17.7 Å². The first-order valence-corrected chi connectivity index (χ1v) is 7.07. The van der Waals surface area contributed by atoms with Gasteiger partial charge in [-0.25, -0.2) is 4.98 Å². The summed E-state index contributed by atoms with van der Waals surface area (Å²) in [6.07, 6.45) is 5.73. The molecule has 19 heavy (non-hydrogen) atoms. The van der Waals surface area contributed by atoms with E-state index in [4.69, 9.17) is 5.73 Å². The lowest BCUT2D eigenvalue weighted by molar-refractivity contribution is -0.123. The molecule has 0 unspecified atom stereocenters. The predicted octanol–water partition coefficient (Wildman–Crippen LogP) is 1.87. The molecule has 3 rings (SSSR count). The van der Waals surface area contributed by atoms with Crippen LogP contribution in [0.25, 0.3) is 0 Å². The minimum Gasteiger partial charge on any atom is -0.368 e. The molecule has 0 saturated heterocycles. The molecule has 1 amide bonds. The van der Waals surface area contributed by atoms with E-state index in [1.54, 1.807) is 6.20 Å². The molecule has 2 heterocycles. The van der Waals surface area contributed by atoms with Gasteiger partial charge in [-0.2, -0.15) is 4.98 Å². The predicted molar refractivity (Wildman–Crippen MR) is 73.8 cm³/mol. The van der Waals surface area contributed by atoms with Gasteiger partial charge < -0.3 is 5.73 Å². The van der Waals surface area contributed by atoms with Gasteiger partial charge in [0.2, 0.25) is 11.9 Å². The fourth-order valence-corrected chi connectivity index (χ4v) is 3.06. The molecule has 1 fully saturated rings. The van der Waals surface area contributed by atoms with Crippen LogP contribution >= 0.6 is 0 Å². The standard InChI is InChI=1S/C14H20N4O/c1-3-14(4-2)10-7-16-13(15)17-11(10)18(12(14)19)8-9-5-6-9/h7,9H,3-6,8H2,1-2H3,(H2,15,16,17). The highest BCUT2D eigenvalue weighted by Crippen LogP contribution is 2.46. The number of rotatable bonds is 4. The summed E-state index contributed by atoms with van der Waals surface area (Å²) in [4.78, 5) is 23.1. The quantitative estimate of drug-likeness (QED) is 0.897. The highest BCUT2D eigenvalue weighted by Gasteiger charge is 2.50. The molecule has 2 aliphatic rings. The Morgan fingerprint density at radius 3 is 2.68 bits per heavy atom. The number of hydrogen-bond donors (Lipinski definition) is 1. The van der Waals surface area contributed by atoms with Crippen molar-refractivity contribution in [2.45, 2.75) is 44.9 Å². The van der Waals surface area contributed by atoms with E-state index in [1.165, 1.54) is 12.8 Å². The second kappa shape index (κ2) is 4.18. The van der Waals surface area contributed by atoms with E-state index in [9.17, 15) is 4.79 Å². The van der Waals surface area contributed by atoms with Gasteiger partial charge in [0.1, 0.15) is 5.82 Å². The number of aromatic nitrogens is 2. The zero-order valence-corrected chi connectivity index (χ0v) is 11.5. The third kappa shape index (κ3) is 1.71. The highest BCUT2D eigenvalue weighted by molar-refractivity contribution is 6.07. The first kappa shape index (κ1) is 12.4. The molecule has 0 aromatic carbocycles. The third-order valence-corrected chi connectivity index (χ3v) is 4.56. The van der Waals surface area contributed by atoms with Gasteiger partial charge in [0.05, 0.1) is 5.41 Å². The van der Waals surface area contributed by atoms with Crippen LogP contribution in [0.15, 0.2) is 6.20 Å². The lowest BCUT2D eigenvalue weighted by Gasteiger charge is -2.25. The largest absolute Gasteiger partial charge is 0.368 e. The topological polar surface area (TPSA) is 72.1 Å². The molecule has 1 aliphatic carbocycles. The lowest BCUT2D eigenvalue weighted by atomic mass is 9.78. The second-order valence-corrected chi connectivity index (χ2v) is 5.61. The highest BCUT2D eigenvalue weighted by atomic mass is 16.2. The number of nitrogen functional groups attached to an aromatic ring is 1. The van der Waals surface area contributed by atoms with Crippen LogP contribution < -0.4 is 10.6 Å². The van der Waals surface area contributed by atoms with Crippen molar-refractivity contribution < 1.29 is 4.79 Å². The van der Waals surface area contributed by atoms with Crippen molar-refractivity contribution in [1.82, 2.24) is 9.97 Å². The van der Waals surface area contributed by atoms with Crippen molar-refractivity contribution in [3.8, 4) is 0 Å². The smallest absolute Gasteiger partial charge is 0.238 e. The Bertz CT molecular complexity index is 520. The summed E-state index contributed by atoms with van der Waals surface area (Å²) in [5, 5.41) is 0. The monoisotopic (exact) mass is 260 g/mol. The van der Waals surface area contributed by atoms with E-state index in [0.717, 1.165) is 30.8 Å². The van der Waals surface area contributed by atoms with Crippen LogP contribution in [0, 0.1) is 5.92 Å². The van der Waals surface area contributed by atoms with Gasteiger partial charge in [-0.15, -0.1) is 0 Å². The van der Waals surface area contributed by atoms with Gasteiger partial charge in [-0.3, -0.25) is 9.69 Å². The molecule has 5 heteroatoms. The Balaban J connectivity index is 2.09. The Morgan fingerprint density at radius 2 is 2.11 bits per heavy atom. The molecule has 5 nitrogen and oxygen atoms in total. The molecule has 0 atom stereocenters. The fraction of sp³-hybridized carbons (Fsp3) is 0.643. The molecule has 0 radical (unpaired) electrons. The summed E-state index contributed by atoms with van der Waals surface area (Å²) in [6.45, 7) is 4.90. The summed E-state index contributed by atoms with van der Waals surface area (Å²) in [7, 11) is 0. The van der Waals surface area contributed by atoms with E-state index in [2.05, 4.69) is 23.8 Å². The molecular weight excluding hydrogens is 240 g/mol. The Labute approximate surface area is 113 Å². The van der Waals surface area contributed by atoms with Gasteiger partial charge in [-0.1, -0.05) is 13.8 Å². The van der Waals surface area contributed by atoms with Gasteiger partial charge in [0.25, 0.3) is 0 Å². The van der Waals surface area contributed by atoms with Crippen molar-refractivity contribution in [3.63, 3.8) is 0 Å². The van der Waals surface area contributed by atoms with Crippen LogP contribution in [-0.2, 0) is 10.2 Å². The van der Waals surface area contributed by atoms with E-state index in [0.29, 0.717) is 5.92 Å². The average molecular weight is 260 g/mol. The van der Waals surface area contributed by atoms with Crippen molar-refractivity contribution in [1.29, 1.82) is 0 Å². The van der Waals surface area contributed by atoms with E-state index >= 15 is 0 Å². The summed E-state index contributed by atoms with van der Waals surface area (Å²) >= 11 is 0. The summed E-state index contributed by atoms with van der Waals surface area (Å²) in [5.41, 5.74) is 6.21. The molecular formula is C14H20N4O. The minimum absolute atomic E-state index is 0.180. The normalized spacial score (nSPS) is 20.7. The van der Waals surface area contributed by atoms with Gasteiger partial charge in [0, 0.05) is 18.3 Å². The molecule has 0 spiro atoms. The number of anilines is 2. The van der Waals surface area contributed by atoms with Crippen LogP contribution in [0.1, 0.15) is 45.1 Å². The summed E-state index contributed by atoms with van der Waals surface area (Å²) < 4.78 is 0. The molecule has 1 aromatic rings. The second-order valence-electron chi connectivity index (χ2n) is 5.61. The Morgan fingerprint density at radius 1 is 1.42 bits per heavy atom. The van der Waals surface area contributed by atoms with E-state index < -0.39 is 5.41 Å². The number of carbonyl (C=O) groups excluding carboxylic acids is 1. The van der Waals surface area contributed by atoms with Crippen LogP contribution in [0.4, 0.5) is 11.8 Å². The molecule has 2 N–H and O–H groups in total. The van der Waals surface area contributed by atoms with Crippen molar-refractivity contribution in [3.05, 3.63) is 11.8 Å². The lowest BCUT2D eigenvalue weighted by Crippen LogP contribution is -2.40. The molecule has 1 aromatic heterocycles. The maximum absolute atomic E-state index is 12.8. The summed E-state index contributed by atoms with van der Waals surface area (Å²) in [6, 6.07) is 0. The number of hydrogen-bond acceptors (Lipinski definition) is 4. The van der Waals surface area contributed by atoms with E-state index in [-0.39, 0.29) is 11.9 Å². The Kier molecular flexibility index (Phi) is 2.73. The summed E-state index contributed by atoms with van der Waals surface area (Å²) in [5.74, 6) is 1.81. The van der Waals surface area contributed by atoms with Crippen LogP contribution in [-0.4, -0.2) is 22.4 Å². The third-order valence-electron chi connectivity index (χ3n) is 4.56. The molecule has 1 saturated carbocycles. The first-order valence-electron chi connectivity index (χ1n) is 7.07. The van der Waals surface area contributed by atoms with Crippen LogP contribution in [0.3, 0.4) is 0 Å². The van der Waals surface area contributed by atoms with Crippen LogP contribution in [0.5, 0.6) is 0 Å². The van der Waals surface area contributed by atoms with E-state index in [1.807, 2.05) is 4.90 Å². The maximum atomic E-state index is 12.8. The Hall–Kier alpha value is -1.65. The maximum Gasteiger partial charge on any atom is 0.238 e. The fourth-order valence-electron chi connectivity index (χ4n) is 3.06. The molecule has 1 aliphatic heterocycles. The number of nitrogens with two attached hydrogens (primary N) is 1. The number of amides is 1. The first-order chi connectivity index (χ1) is 9.12. The van der Waals surface area contributed by atoms with Gasteiger partial charge in [0.15, 0.2) is 0 Å². The van der Waals surface area contributed by atoms with Gasteiger partial charge >= 0.3 is 0 Å². The number of carbonyl (C=O) groups is 1. The molecule has 0 bridgehead atoms. The minimum atomic E-state index is -0.447. The average Bonchev–Trinajstić information content (AvgIpc) is 3.19. The number of fused-ring (bicyclic) bond motifs is 1. The van der Waals surface area contributed by atoms with Crippen molar-refractivity contribution in [2.75, 3.05) is 17.2 Å². The number of nitrogens with zero attached hydrogens (tertiary/aromatic N) is 3. The SMILES string of the molecule is CCC1(CC)C(=O)N(CC2CC2)c2nc(N)ncc21. The van der Waals surface area contributed by atoms with Crippen molar-refractivity contribution in [2.24, 2.45) is 5.92 Å². The zero-order valence-electron chi connectivity index (χ0n) is 11.5. The molecule has 102 valence electrons. The van der Waals surface area contributed by atoms with Gasteiger partial charge in [-0.05, 0) is 31.6 Å². The van der Waals surface area contributed by atoms with Crippen LogP contribution in [0.2, 0.25) is 0 Å².